The number of carbonyl (C=O) groups is 1. The summed E-state index contributed by atoms with van der Waals surface area (Å²) in [5.41, 5.74) is 1.04. The van der Waals surface area contributed by atoms with Crippen molar-refractivity contribution < 1.29 is 4.79 Å². The van der Waals surface area contributed by atoms with Crippen molar-refractivity contribution in [1.82, 2.24) is 5.32 Å². The second-order valence-corrected chi connectivity index (χ2v) is 4.87. The molecule has 17 heavy (non-hydrogen) atoms. The quantitative estimate of drug-likeness (QED) is 0.803. The monoisotopic (exact) mass is 253 g/mol. The Morgan fingerprint density at radius 3 is 2.35 bits per heavy atom. The smallest absolute Gasteiger partial charge is 0.227 e. The van der Waals surface area contributed by atoms with Gasteiger partial charge in [-0.25, -0.2) is 0 Å². The van der Waals surface area contributed by atoms with E-state index in [-0.39, 0.29) is 23.8 Å². The first-order valence-electron chi connectivity index (χ1n) is 5.97. The Bertz CT molecular complexity index is 352. The average Bonchev–Trinajstić information content (AvgIpc) is 2.37. The molecule has 3 unspecified atom stereocenters. The molecule has 1 N–H and O–H groups in total. The highest BCUT2D eigenvalue weighted by Gasteiger charge is 2.19. The van der Waals surface area contributed by atoms with Crippen LogP contribution in [0, 0.1) is 5.92 Å². The van der Waals surface area contributed by atoms with Crippen molar-refractivity contribution in [2.45, 2.75) is 32.7 Å². The maximum Gasteiger partial charge on any atom is 0.227 e. The molecule has 1 rings (SSSR count). The number of rotatable bonds is 5. The summed E-state index contributed by atoms with van der Waals surface area (Å²) >= 11 is 5.78. The van der Waals surface area contributed by atoms with Gasteiger partial charge in [0.15, 0.2) is 0 Å². The van der Waals surface area contributed by atoms with Crippen molar-refractivity contribution in [3.8, 4) is 0 Å². The average molecular weight is 254 g/mol. The normalized spacial score (nSPS) is 16.0. The van der Waals surface area contributed by atoms with Crippen LogP contribution in [0.25, 0.3) is 0 Å². The fourth-order valence-electron chi connectivity index (χ4n) is 1.52. The molecule has 0 heterocycles. The summed E-state index contributed by atoms with van der Waals surface area (Å²) in [5, 5.41) is 3.01. The molecule has 2 nitrogen and oxygen atoms in total. The minimum Gasteiger partial charge on any atom is -0.353 e. The van der Waals surface area contributed by atoms with Crippen molar-refractivity contribution in [3.05, 3.63) is 35.9 Å². The van der Waals surface area contributed by atoms with Crippen molar-refractivity contribution >= 4 is 17.5 Å². The SMILES string of the molecule is CC(C(=O)NC(C)C(C)CCl)c1ccccc1. The maximum atomic E-state index is 12.0. The third-order valence-electron chi connectivity index (χ3n) is 3.16. The Morgan fingerprint density at radius 1 is 1.24 bits per heavy atom. The molecule has 3 atom stereocenters. The highest BCUT2D eigenvalue weighted by Crippen LogP contribution is 2.15. The van der Waals surface area contributed by atoms with Gasteiger partial charge in [-0.2, -0.15) is 0 Å². The van der Waals surface area contributed by atoms with Gasteiger partial charge in [0.1, 0.15) is 0 Å². The van der Waals surface area contributed by atoms with E-state index in [4.69, 9.17) is 11.6 Å². The van der Waals surface area contributed by atoms with Crippen molar-refractivity contribution in [1.29, 1.82) is 0 Å². The largest absolute Gasteiger partial charge is 0.353 e. The van der Waals surface area contributed by atoms with Gasteiger partial charge in [0.25, 0.3) is 0 Å². The van der Waals surface area contributed by atoms with Gasteiger partial charge in [0.05, 0.1) is 5.92 Å². The molecule has 1 amide bonds. The number of benzene rings is 1. The van der Waals surface area contributed by atoms with Crippen LogP contribution in [0.3, 0.4) is 0 Å². The van der Waals surface area contributed by atoms with Gasteiger partial charge in [0.2, 0.25) is 5.91 Å². The van der Waals surface area contributed by atoms with Crippen LogP contribution in [-0.2, 0) is 4.79 Å². The van der Waals surface area contributed by atoms with E-state index < -0.39 is 0 Å². The van der Waals surface area contributed by atoms with E-state index in [9.17, 15) is 4.79 Å². The van der Waals surface area contributed by atoms with Crippen LogP contribution in [0.5, 0.6) is 0 Å². The standard InChI is InChI=1S/C14H20ClNO/c1-10(9-15)12(3)16-14(17)11(2)13-7-5-4-6-8-13/h4-8,10-12H,9H2,1-3H3,(H,16,17). The highest BCUT2D eigenvalue weighted by molar-refractivity contribution is 6.18. The maximum absolute atomic E-state index is 12.0. The number of nitrogens with one attached hydrogen (secondary N) is 1. The fourth-order valence-corrected chi connectivity index (χ4v) is 1.79. The molecule has 0 bridgehead atoms. The summed E-state index contributed by atoms with van der Waals surface area (Å²) < 4.78 is 0. The van der Waals surface area contributed by atoms with Crippen molar-refractivity contribution in [2.24, 2.45) is 5.92 Å². The van der Waals surface area contributed by atoms with Crippen LogP contribution < -0.4 is 5.32 Å². The number of alkyl halides is 1. The molecule has 94 valence electrons. The Balaban J connectivity index is 2.59. The van der Waals surface area contributed by atoms with E-state index in [2.05, 4.69) is 5.32 Å². The highest BCUT2D eigenvalue weighted by atomic mass is 35.5. The van der Waals surface area contributed by atoms with Crippen molar-refractivity contribution in [3.63, 3.8) is 0 Å². The third kappa shape index (κ3) is 4.04. The molecule has 1 aromatic carbocycles. The topological polar surface area (TPSA) is 29.1 Å². The Hall–Kier alpha value is -1.02. The molecule has 3 heteroatoms. The number of carbonyl (C=O) groups excluding carboxylic acids is 1. The summed E-state index contributed by atoms with van der Waals surface area (Å²) in [7, 11) is 0. The van der Waals surface area contributed by atoms with Gasteiger partial charge < -0.3 is 5.32 Å². The molecule has 0 saturated carbocycles. The molecule has 0 spiro atoms. The number of hydrogen-bond acceptors (Lipinski definition) is 1. The predicted octanol–water partition coefficient (Wildman–Crippen LogP) is 3.17. The van der Waals surface area contributed by atoms with Crippen LogP contribution in [0.2, 0.25) is 0 Å². The van der Waals surface area contributed by atoms with E-state index >= 15 is 0 Å². The van der Waals surface area contributed by atoms with Gasteiger partial charge in [-0.1, -0.05) is 37.3 Å². The zero-order valence-corrected chi connectivity index (χ0v) is 11.4. The fraction of sp³-hybridized carbons (Fsp3) is 0.500. The second kappa shape index (κ2) is 6.65. The predicted molar refractivity (Wildman–Crippen MR) is 72.3 cm³/mol. The Morgan fingerprint density at radius 2 is 1.82 bits per heavy atom. The molecule has 0 aromatic heterocycles. The Kier molecular flexibility index (Phi) is 5.49. The molecular weight excluding hydrogens is 234 g/mol. The van der Waals surface area contributed by atoms with E-state index in [0.29, 0.717) is 5.88 Å². The van der Waals surface area contributed by atoms with Crippen LogP contribution >= 0.6 is 11.6 Å². The zero-order chi connectivity index (χ0) is 12.8. The molecule has 1 aromatic rings. The molecule has 0 radical (unpaired) electrons. The Labute approximate surface area is 108 Å². The zero-order valence-electron chi connectivity index (χ0n) is 10.6. The van der Waals surface area contributed by atoms with E-state index in [1.165, 1.54) is 0 Å². The molecular formula is C14H20ClNO. The molecule has 0 aliphatic carbocycles. The third-order valence-corrected chi connectivity index (χ3v) is 3.65. The van der Waals surface area contributed by atoms with Crippen LogP contribution in [0.4, 0.5) is 0 Å². The minimum atomic E-state index is -0.124. The lowest BCUT2D eigenvalue weighted by atomic mass is 9.99. The first kappa shape index (κ1) is 14.0. The van der Waals surface area contributed by atoms with E-state index in [0.717, 1.165) is 5.56 Å². The number of hydrogen-bond donors (Lipinski definition) is 1. The lowest BCUT2D eigenvalue weighted by Gasteiger charge is -2.21. The van der Waals surface area contributed by atoms with Crippen molar-refractivity contribution in [2.75, 3.05) is 5.88 Å². The molecule has 0 aliphatic heterocycles. The number of amides is 1. The molecule has 0 aliphatic rings. The molecule has 0 saturated heterocycles. The first-order valence-corrected chi connectivity index (χ1v) is 6.51. The molecule has 0 fully saturated rings. The van der Waals surface area contributed by atoms with Gasteiger partial charge in [0, 0.05) is 11.9 Å². The summed E-state index contributed by atoms with van der Waals surface area (Å²) in [4.78, 5) is 12.0. The van der Waals surface area contributed by atoms with Crippen LogP contribution in [-0.4, -0.2) is 17.8 Å². The van der Waals surface area contributed by atoms with Gasteiger partial charge in [-0.15, -0.1) is 11.6 Å². The first-order chi connectivity index (χ1) is 8.06. The second-order valence-electron chi connectivity index (χ2n) is 4.56. The lowest BCUT2D eigenvalue weighted by Crippen LogP contribution is -2.39. The minimum absolute atomic E-state index is 0.0562. The summed E-state index contributed by atoms with van der Waals surface area (Å²) in [6.45, 7) is 5.94. The van der Waals surface area contributed by atoms with Gasteiger partial charge >= 0.3 is 0 Å². The number of halogens is 1. The van der Waals surface area contributed by atoms with E-state index in [1.807, 2.05) is 51.1 Å². The van der Waals surface area contributed by atoms with Crippen LogP contribution in [0.1, 0.15) is 32.3 Å². The van der Waals surface area contributed by atoms with Crippen LogP contribution in [0.15, 0.2) is 30.3 Å². The lowest BCUT2D eigenvalue weighted by molar-refractivity contribution is -0.123. The van der Waals surface area contributed by atoms with Gasteiger partial charge in [-0.05, 0) is 25.3 Å². The summed E-state index contributed by atoms with van der Waals surface area (Å²) in [6.07, 6.45) is 0. The summed E-state index contributed by atoms with van der Waals surface area (Å²) in [6, 6.07) is 9.89. The summed E-state index contributed by atoms with van der Waals surface area (Å²) in [5.74, 6) is 0.770. The van der Waals surface area contributed by atoms with Gasteiger partial charge in [-0.3, -0.25) is 4.79 Å². The van der Waals surface area contributed by atoms with E-state index in [1.54, 1.807) is 0 Å².